The summed E-state index contributed by atoms with van der Waals surface area (Å²) in [6.07, 6.45) is 0.849. The third kappa shape index (κ3) is 6.88. The number of nitrogens with zero attached hydrogens (tertiary/aromatic N) is 2. The van der Waals surface area contributed by atoms with E-state index < -0.39 is 27.9 Å². The summed E-state index contributed by atoms with van der Waals surface area (Å²) in [6.45, 7) is 0.305. The van der Waals surface area contributed by atoms with Crippen LogP contribution >= 0.6 is 0 Å². The summed E-state index contributed by atoms with van der Waals surface area (Å²) in [5.74, 6) is -0.521. The first kappa shape index (κ1) is 25.0. The zero-order valence-corrected chi connectivity index (χ0v) is 18.7. The Kier molecular flexibility index (Phi) is 8.90. The van der Waals surface area contributed by atoms with Gasteiger partial charge in [0.05, 0.1) is 32.2 Å². The Balaban J connectivity index is 1.96. The molecule has 13 nitrogen and oxygen atoms in total. The van der Waals surface area contributed by atoms with Crippen LogP contribution in [0.1, 0.15) is 12.8 Å². The molecule has 2 amide bonds. The second-order valence-electron chi connectivity index (χ2n) is 6.79. The summed E-state index contributed by atoms with van der Waals surface area (Å²) in [7, 11) is -1.18. The molecule has 1 aliphatic heterocycles. The van der Waals surface area contributed by atoms with Crippen molar-refractivity contribution in [1.29, 1.82) is 0 Å². The number of likely N-dealkylation sites (tertiary alicyclic amines) is 1. The van der Waals surface area contributed by atoms with Gasteiger partial charge < -0.3 is 36.0 Å². The van der Waals surface area contributed by atoms with E-state index in [-0.39, 0.29) is 36.3 Å². The number of piperidine rings is 1. The number of hydrogen-bond acceptors (Lipinski definition) is 8. The van der Waals surface area contributed by atoms with Crippen molar-refractivity contribution in [2.24, 2.45) is 16.6 Å². The topological polar surface area (TPSA) is 188 Å². The fraction of sp³-hybridized carbons (Fsp3) is 0.500. The van der Waals surface area contributed by atoms with E-state index in [0.717, 1.165) is 0 Å². The van der Waals surface area contributed by atoms with E-state index in [2.05, 4.69) is 15.2 Å². The standard InChI is InChI=1S/C18H28N6O7S/c1-29-14-6-5-12(10-15(14)30-2)32(27,28)23-13-4-3-8-24(17(13)26)11-16(25)21-7-9-31-22-18(19)20/h5-6,10,13,23H,3-4,7-9,11H2,1-2H3,(H,21,25)(H4,19,20,22)/t13-/m0/s1. The Morgan fingerprint density at radius 2 is 1.97 bits per heavy atom. The lowest BCUT2D eigenvalue weighted by atomic mass is 10.1. The Bertz CT molecular complexity index is 949. The van der Waals surface area contributed by atoms with Gasteiger partial charge in [0.2, 0.25) is 27.8 Å². The van der Waals surface area contributed by atoms with Crippen LogP contribution in [-0.2, 0) is 24.4 Å². The monoisotopic (exact) mass is 472 g/mol. The zero-order valence-electron chi connectivity index (χ0n) is 17.9. The molecule has 14 heteroatoms. The molecule has 0 radical (unpaired) electrons. The molecule has 1 fully saturated rings. The summed E-state index contributed by atoms with van der Waals surface area (Å²) in [5, 5.41) is 5.88. The molecular formula is C18H28N6O7S. The Hall–Kier alpha value is -3.26. The molecule has 1 saturated heterocycles. The first-order valence-electron chi connectivity index (χ1n) is 9.68. The molecule has 0 bridgehead atoms. The quantitative estimate of drug-likeness (QED) is 0.126. The highest BCUT2D eigenvalue weighted by molar-refractivity contribution is 7.89. The van der Waals surface area contributed by atoms with Gasteiger partial charge in [-0.05, 0) is 30.1 Å². The van der Waals surface area contributed by atoms with Gasteiger partial charge in [-0.15, -0.1) is 0 Å². The van der Waals surface area contributed by atoms with Gasteiger partial charge in [0.25, 0.3) is 0 Å². The summed E-state index contributed by atoms with van der Waals surface area (Å²) in [4.78, 5) is 30.8. The number of nitrogens with two attached hydrogens (primary N) is 2. The van der Waals surface area contributed by atoms with Gasteiger partial charge in [0.1, 0.15) is 12.6 Å². The number of nitrogens with one attached hydrogen (secondary N) is 2. The number of sulfonamides is 1. The normalized spacial score (nSPS) is 16.2. The van der Waals surface area contributed by atoms with E-state index >= 15 is 0 Å². The number of methoxy groups -OCH3 is 2. The van der Waals surface area contributed by atoms with Gasteiger partial charge in [0, 0.05) is 12.6 Å². The lowest BCUT2D eigenvalue weighted by Gasteiger charge is -2.32. The molecule has 0 saturated carbocycles. The van der Waals surface area contributed by atoms with Crippen molar-refractivity contribution in [2.45, 2.75) is 23.8 Å². The van der Waals surface area contributed by atoms with Gasteiger partial charge in [0.15, 0.2) is 11.5 Å². The molecule has 32 heavy (non-hydrogen) atoms. The average molecular weight is 473 g/mol. The number of rotatable bonds is 11. The molecule has 178 valence electrons. The van der Waals surface area contributed by atoms with Crippen molar-refractivity contribution in [2.75, 3.05) is 40.5 Å². The largest absolute Gasteiger partial charge is 0.493 e. The number of carbonyl (C=O) groups is 2. The highest BCUT2D eigenvalue weighted by Gasteiger charge is 2.33. The summed E-state index contributed by atoms with van der Waals surface area (Å²) < 4.78 is 38.3. The molecule has 0 spiro atoms. The van der Waals surface area contributed by atoms with Crippen LogP contribution in [0.4, 0.5) is 0 Å². The van der Waals surface area contributed by atoms with E-state index in [1.54, 1.807) is 0 Å². The van der Waals surface area contributed by atoms with Crippen LogP contribution < -0.4 is 31.0 Å². The van der Waals surface area contributed by atoms with Crippen LogP contribution in [0.25, 0.3) is 0 Å². The highest BCUT2D eigenvalue weighted by Crippen LogP contribution is 2.29. The first-order valence-corrected chi connectivity index (χ1v) is 11.2. The van der Waals surface area contributed by atoms with Crippen LogP contribution in [-0.4, -0.2) is 77.6 Å². The van der Waals surface area contributed by atoms with Crippen molar-refractivity contribution in [3.8, 4) is 11.5 Å². The number of carbonyl (C=O) groups excluding carboxylic acids is 2. The lowest BCUT2D eigenvalue weighted by molar-refractivity contribution is -0.139. The number of hydrogen-bond donors (Lipinski definition) is 4. The molecule has 6 N–H and O–H groups in total. The van der Waals surface area contributed by atoms with Crippen molar-refractivity contribution >= 4 is 27.8 Å². The minimum absolute atomic E-state index is 0.0470. The molecule has 1 aliphatic rings. The van der Waals surface area contributed by atoms with Crippen molar-refractivity contribution in [3.63, 3.8) is 0 Å². The molecule has 1 aromatic rings. The minimum atomic E-state index is -4.01. The number of oxime groups is 1. The zero-order chi connectivity index (χ0) is 23.7. The summed E-state index contributed by atoms with van der Waals surface area (Å²) in [5.41, 5.74) is 10.2. The van der Waals surface area contributed by atoms with Gasteiger partial charge in [-0.25, -0.2) is 8.42 Å². The number of benzene rings is 1. The average Bonchev–Trinajstić information content (AvgIpc) is 2.75. The molecule has 1 heterocycles. The van der Waals surface area contributed by atoms with E-state index in [1.165, 1.54) is 37.3 Å². The van der Waals surface area contributed by atoms with Gasteiger partial charge in [-0.2, -0.15) is 4.72 Å². The van der Waals surface area contributed by atoms with Gasteiger partial charge in [-0.1, -0.05) is 0 Å². The Labute approximate surface area is 186 Å². The van der Waals surface area contributed by atoms with Crippen LogP contribution in [0.15, 0.2) is 28.3 Å². The van der Waals surface area contributed by atoms with Gasteiger partial charge in [-0.3, -0.25) is 9.59 Å². The minimum Gasteiger partial charge on any atom is -0.493 e. The Morgan fingerprint density at radius 3 is 2.62 bits per heavy atom. The van der Waals surface area contributed by atoms with Crippen LogP contribution in [0.2, 0.25) is 0 Å². The van der Waals surface area contributed by atoms with E-state index in [0.29, 0.717) is 25.1 Å². The number of amides is 2. The van der Waals surface area contributed by atoms with Crippen LogP contribution in [0.3, 0.4) is 0 Å². The molecule has 1 atom stereocenters. The SMILES string of the molecule is COc1ccc(S(=O)(=O)N[C@H]2CCCN(CC(=O)NCCON=C(N)N)C2=O)cc1OC. The van der Waals surface area contributed by atoms with Crippen LogP contribution in [0.5, 0.6) is 11.5 Å². The highest BCUT2D eigenvalue weighted by atomic mass is 32.2. The first-order chi connectivity index (χ1) is 15.2. The van der Waals surface area contributed by atoms with Crippen molar-refractivity contribution in [3.05, 3.63) is 18.2 Å². The molecule has 0 unspecified atom stereocenters. The fourth-order valence-electron chi connectivity index (χ4n) is 3.03. The fourth-order valence-corrected chi connectivity index (χ4v) is 4.27. The Morgan fingerprint density at radius 1 is 1.25 bits per heavy atom. The predicted octanol–water partition coefficient (Wildman–Crippen LogP) is -1.71. The summed E-state index contributed by atoms with van der Waals surface area (Å²) >= 11 is 0. The van der Waals surface area contributed by atoms with E-state index in [9.17, 15) is 18.0 Å². The predicted molar refractivity (Wildman–Crippen MR) is 114 cm³/mol. The molecule has 0 aromatic heterocycles. The lowest BCUT2D eigenvalue weighted by Crippen LogP contribution is -2.54. The van der Waals surface area contributed by atoms with Crippen molar-refractivity contribution in [1.82, 2.24) is 14.9 Å². The maximum atomic E-state index is 12.8. The van der Waals surface area contributed by atoms with Crippen molar-refractivity contribution < 1.29 is 32.3 Å². The maximum absolute atomic E-state index is 12.8. The third-order valence-corrected chi connectivity index (χ3v) is 5.98. The number of guanidine groups is 1. The molecule has 0 aliphatic carbocycles. The summed E-state index contributed by atoms with van der Waals surface area (Å²) in [6, 6.07) is 3.14. The molecule has 1 aromatic carbocycles. The third-order valence-electron chi connectivity index (χ3n) is 4.51. The van der Waals surface area contributed by atoms with E-state index in [4.69, 9.17) is 25.8 Å². The second-order valence-corrected chi connectivity index (χ2v) is 8.51. The van der Waals surface area contributed by atoms with Crippen LogP contribution in [0, 0.1) is 0 Å². The van der Waals surface area contributed by atoms with E-state index in [1.807, 2.05) is 0 Å². The smallest absolute Gasteiger partial charge is 0.241 e. The molecule has 2 rings (SSSR count). The second kappa shape index (κ2) is 11.4. The number of ether oxygens (including phenoxy) is 2. The van der Waals surface area contributed by atoms with Gasteiger partial charge >= 0.3 is 0 Å². The molecular weight excluding hydrogens is 444 g/mol. The maximum Gasteiger partial charge on any atom is 0.241 e.